The first-order chi connectivity index (χ1) is 11.0. The van der Waals surface area contributed by atoms with E-state index in [-0.39, 0.29) is 0 Å². The Morgan fingerprint density at radius 3 is 2.17 bits per heavy atom. The van der Waals surface area contributed by atoms with Gasteiger partial charge in [0.25, 0.3) is 0 Å². The number of aryl methyl sites for hydroxylation is 1. The Kier molecular flexibility index (Phi) is 5.36. The molecule has 0 fully saturated rings. The first-order valence-corrected chi connectivity index (χ1v) is 7.40. The minimum Gasteiger partial charge on any atom is -0.473 e. The second kappa shape index (κ2) is 7.45. The fourth-order valence-electron chi connectivity index (χ4n) is 2.48. The lowest BCUT2D eigenvalue weighted by Crippen LogP contribution is -2.09. The zero-order chi connectivity index (χ0) is 16.8. The summed E-state index contributed by atoms with van der Waals surface area (Å²) in [7, 11) is 0. The molecular weight excluding hydrogens is 294 g/mol. The van der Waals surface area contributed by atoms with E-state index in [1.54, 1.807) is 0 Å². The zero-order valence-electron chi connectivity index (χ0n) is 12.8. The van der Waals surface area contributed by atoms with Crippen LogP contribution >= 0.6 is 0 Å². The van der Waals surface area contributed by atoms with Gasteiger partial charge in [0, 0.05) is 5.69 Å². The van der Waals surface area contributed by atoms with E-state index in [9.17, 15) is 0 Å². The highest BCUT2D eigenvalue weighted by Crippen LogP contribution is 2.33. The van der Waals surface area contributed by atoms with Crippen LogP contribution in [0, 0.1) is 0 Å². The van der Waals surface area contributed by atoms with Gasteiger partial charge in [-0.15, -0.1) is 0 Å². The maximum Gasteiger partial charge on any atom is 0.414 e. The minimum absolute atomic E-state index is 0.443. The van der Waals surface area contributed by atoms with Crippen molar-refractivity contribution in [3.8, 4) is 0 Å². The van der Waals surface area contributed by atoms with Gasteiger partial charge >= 0.3 is 11.9 Å². The molecular formula is C18H19NO4. The average Bonchev–Trinajstić information content (AvgIpc) is 2.99. The van der Waals surface area contributed by atoms with E-state index in [1.807, 2.05) is 0 Å². The van der Waals surface area contributed by atoms with Gasteiger partial charge in [0.1, 0.15) is 0 Å². The van der Waals surface area contributed by atoms with Crippen LogP contribution < -0.4 is 5.32 Å². The Balaban J connectivity index is 0.000000277. The van der Waals surface area contributed by atoms with Gasteiger partial charge in [0.05, 0.1) is 6.04 Å². The third-order valence-corrected chi connectivity index (χ3v) is 3.74. The van der Waals surface area contributed by atoms with Crippen LogP contribution in [0.5, 0.6) is 0 Å². The van der Waals surface area contributed by atoms with E-state index in [2.05, 4.69) is 60.8 Å². The van der Waals surface area contributed by atoms with Crippen LogP contribution in [0.25, 0.3) is 0 Å². The first-order valence-electron chi connectivity index (χ1n) is 7.40. The average molecular weight is 313 g/mol. The van der Waals surface area contributed by atoms with Crippen molar-refractivity contribution in [3.05, 3.63) is 65.2 Å². The van der Waals surface area contributed by atoms with Gasteiger partial charge in [-0.1, -0.05) is 49.4 Å². The third kappa shape index (κ3) is 4.32. The molecule has 23 heavy (non-hydrogen) atoms. The number of carboxylic acids is 2. The van der Waals surface area contributed by atoms with Crippen molar-refractivity contribution in [3.63, 3.8) is 0 Å². The molecule has 1 atom stereocenters. The molecule has 0 amide bonds. The van der Waals surface area contributed by atoms with E-state index in [0.717, 1.165) is 12.8 Å². The molecule has 0 spiro atoms. The summed E-state index contributed by atoms with van der Waals surface area (Å²) in [5, 5.41) is 18.4. The van der Waals surface area contributed by atoms with E-state index in [0.29, 0.717) is 6.04 Å². The van der Waals surface area contributed by atoms with Crippen molar-refractivity contribution in [2.75, 3.05) is 5.32 Å². The molecule has 0 aliphatic carbocycles. The standard InChI is InChI=1S/C16H17N.C2H2O4/c1-2-12-7-9-13(10-8-12)16-11-14-5-3-4-6-15(14)17-16;3-1(4)2(5)6/h3-10,16-17H,2,11H2,1H3;(H,3,4)(H,5,6). The minimum atomic E-state index is -1.82. The van der Waals surface area contributed by atoms with Crippen LogP contribution in [-0.2, 0) is 22.4 Å². The van der Waals surface area contributed by atoms with E-state index in [1.165, 1.54) is 22.4 Å². The lowest BCUT2D eigenvalue weighted by Gasteiger charge is -2.12. The number of carboxylic acid groups (broad SMARTS) is 2. The van der Waals surface area contributed by atoms with Crippen LogP contribution in [0.4, 0.5) is 5.69 Å². The highest BCUT2D eigenvalue weighted by molar-refractivity contribution is 6.27. The molecule has 0 bridgehead atoms. The molecule has 2 aromatic rings. The Morgan fingerprint density at radius 2 is 1.65 bits per heavy atom. The van der Waals surface area contributed by atoms with E-state index >= 15 is 0 Å². The number of rotatable bonds is 2. The summed E-state index contributed by atoms with van der Waals surface area (Å²) >= 11 is 0. The number of benzene rings is 2. The third-order valence-electron chi connectivity index (χ3n) is 3.74. The zero-order valence-corrected chi connectivity index (χ0v) is 12.8. The number of hydrogen-bond acceptors (Lipinski definition) is 3. The van der Waals surface area contributed by atoms with Crippen LogP contribution in [0.3, 0.4) is 0 Å². The molecule has 1 heterocycles. The van der Waals surface area contributed by atoms with Crippen molar-refractivity contribution in [2.24, 2.45) is 0 Å². The Labute approximate surface area is 134 Å². The summed E-state index contributed by atoms with van der Waals surface area (Å²) in [6.45, 7) is 2.19. The summed E-state index contributed by atoms with van der Waals surface area (Å²) in [5.74, 6) is -3.65. The Bertz CT molecular complexity index is 657. The molecule has 0 aromatic heterocycles. The Hall–Kier alpha value is -2.82. The van der Waals surface area contributed by atoms with Crippen LogP contribution in [0.2, 0.25) is 0 Å². The second-order valence-corrected chi connectivity index (χ2v) is 5.26. The van der Waals surface area contributed by atoms with Crippen LogP contribution in [-0.4, -0.2) is 22.2 Å². The quantitative estimate of drug-likeness (QED) is 0.742. The molecule has 0 saturated carbocycles. The molecule has 120 valence electrons. The van der Waals surface area contributed by atoms with Crippen molar-refractivity contribution in [1.29, 1.82) is 0 Å². The summed E-state index contributed by atoms with van der Waals surface area (Å²) < 4.78 is 0. The molecule has 1 aliphatic rings. The molecule has 2 aromatic carbocycles. The summed E-state index contributed by atoms with van der Waals surface area (Å²) in [6, 6.07) is 18.0. The molecule has 1 aliphatic heterocycles. The molecule has 0 saturated heterocycles. The lowest BCUT2D eigenvalue weighted by atomic mass is 10.0. The molecule has 5 nitrogen and oxygen atoms in total. The molecule has 0 radical (unpaired) electrons. The predicted octanol–water partition coefficient (Wildman–Crippen LogP) is 3.11. The maximum atomic E-state index is 9.10. The van der Waals surface area contributed by atoms with Gasteiger partial charge in [-0.2, -0.15) is 0 Å². The van der Waals surface area contributed by atoms with Crippen molar-refractivity contribution in [1.82, 2.24) is 0 Å². The number of aliphatic carboxylic acids is 2. The summed E-state index contributed by atoms with van der Waals surface area (Å²) in [6.07, 6.45) is 2.21. The van der Waals surface area contributed by atoms with Gasteiger partial charge in [-0.25, -0.2) is 9.59 Å². The summed E-state index contributed by atoms with van der Waals surface area (Å²) in [5.41, 5.74) is 5.51. The highest BCUT2D eigenvalue weighted by Gasteiger charge is 2.20. The number of carbonyl (C=O) groups is 2. The number of anilines is 1. The molecule has 1 unspecified atom stereocenters. The van der Waals surface area contributed by atoms with Gasteiger partial charge in [0.2, 0.25) is 0 Å². The smallest absolute Gasteiger partial charge is 0.414 e. The fourth-order valence-corrected chi connectivity index (χ4v) is 2.48. The van der Waals surface area contributed by atoms with E-state index in [4.69, 9.17) is 19.8 Å². The number of nitrogens with one attached hydrogen (secondary N) is 1. The predicted molar refractivity (Wildman–Crippen MR) is 87.6 cm³/mol. The lowest BCUT2D eigenvalue weighted by molar-refractivity contribution is -0.159. The monoisotopic (exact) mass is 313 g/mol. The van der Waals surface area contributed by atoms with E-state index < -0.39 is 11.9 Å². The molecule has 3 rings (SSSR count). The van der Waals surface area contributed by atoms with Crippen LogP contribution in [0.1, 0.15) is 29.7 Å². The Morgan fingerprint density at radius 1 is 1.04 bits per heavy atom. The van der Waals surface area contributed by atoms with Crippen LogP contribution in [0.15, 0.2) is 48.5 Å². The first kappa shape index (κ1) is 16.5. The van der Waals surface area contributed by atoms with Gasteiger partial charge < -0.3 is 15.5 Å². The number of para-hydroxylation sites is 1. The topological polar surface area (TPSA) is 86.6 Å². The van der Waals surface area contributed by atoms with Gasteiger partial charge in [0.15, 0.2) is 0 Å². The van der Waals surface area contributed by atoms with Gasteiger partial charge in [-0.3, -0.25) is 0 Å². The fraction of sp³-hybridized carbons (Fsp3) is 0.222. The second-order valence-electron chi connectivity index (χ2n) is 5.26. The SMILES string of the molecule is CCc1ccc(C2Cc3ccccc3N2)cc1.O=C(O)C(=O)O. The van der Waals surface area contributed by atoms with Crippen molar-refractivity contribution < 1.29 is 19.8 Å². The van der Waals surface area contributed by atoms with Crippen molar-refractivity contribution in [2.45, 2.75) is 25.8 Å². The normalized spacial score (nSPS) is 14.9. The molecule has 5 heteroatoms. The largest absolute Gasteiger partial charge is 0.473 e. The van der Waals surface area contributed by atoms with Gasteiger partial charge in [-0.05, 0) is 35.6 Å². The number of hydrogen-bond donors (Lipinski definition) is 3. The highest BCUT2D eigenvalue weighted by atomic mass is 16.4. The number of fused-ring (bicyclic) bond motifs is 1. The molecule has 3 N–H and O–H groups in total. The maximum absolute atomic E-state index is 9.10. The summed E-state index contributed by atoms with van der Waals surface area (Å²) in [4.78, 5) is 18.2. The van der Waals surface area contributed by atoms with Crippen molar-refractivity contribution >= 4 is 17.6 Å².